The number of benzene rings is 1. The summed E-state index contributed by atoms with van der Waals surface area (Å²) in [4.78, 5) is 12.0. The molecule has 0 fully saturated rings. The van der Waals surface area contributed by atoms with E-state index in [-0.39, 0.29) is 5.69 Å². The summed E-state index contributed by atoms with van der Waals surface area (Å²) in [5.41, 5.74) is 0.777. The highest BCUT2D eigenvalue weighted by Crippen LogP contribution is 2.36. The minimum atomic E-state index is -4.60. The molecule has 8 heteroatoms. The van der Waals surface area contributed by atoms with Gasteiger partial charge in [0.2, 0.25) is 0 Å². The van der Waals surface area contributed by atoms with E-state index in [2.05, 4.69) is 10.4 Å². The van der Waals surface area contributed by atoms with Gasteiger partial charge in [-0.1, -0.05) is 6.07 Å². The van der Waals surface area contributed by atoms with Crippen LogP contribution < -0.4 is 10.1 Å². The van der Waals surface area contributed by atoms with E-state index in [1.165, 1.54) is 14.0 Å². The van der Waals surface area contributed by atoms with Crippen LogP contribution in [0.25, 0.3) is 0 Å². The van der Waals surface area contributed by atoms with Crippen molar-refractivity contribution in [2.45, 2.75) is 26.9 Å². The molecule has 2 rings (SSSR count). The normalized spacial score (nSPS) is 11.5. The second-order valence-electron chi connectivity index (χ2n) is 5.59. The fourth-order valence-corrected chi connectivity index (χ4v) is 2.47. The zero-order valence-corrected chi connectivity index (χ0v) is 13.8. The van der Waals surface area contributed by atoms with Gasteiger partial charge in [0, 0.05) is 7.05 Å². The summed E-state index contributed by atoms with van der Waals surface area (Å²) < 4.78 is 45.6. The molecule has 0 aliphatic carbocycles. The van der Waals surface area contributed by atoms with E-state index in [9.17, 15) is 18.0 Å². The Morgan fingerprint density at radius 2 is 1.79 bits per heavy atom. The first kappa shape index (κ1) is 17.8. The summed E-state index contributed by atoms with van der Waals surface area (Å²) >= 11 is 0. The lowest BCUT2D eigenvalue weighted by molar-refractivity contribution is -0.137. The van der Waals surface area contributed by atoms with Gasteiger partial charge in [0.15, 0.2) is 6.61 Å². The minimum absolute atomic E-state index is 0.199. The van der Waals surface area contributed by atoms with E-state index in [1.54, 1.807) is 12.1 Å². The highest BCUT2D eigenvalue weighted by atomic mass is 19.4. The van der Waals surface area contributed by atoms with Crippen LogP contribution in [0.5, 0.6) is 5.75 Å². The fraction of sp³-hybridized carbons (Fsp3) is 0.375. The van der Waals surface area contributed by atoms with Gasteiger partial charge in [-0.05, 0) is 44.0 Å². The lowest BCUT2D eigenvalue weighted by Gasteiger charge is -2.12. The van der Waals surface area contributed by atoms with Crippen LogP contribution in [0.3, 0.4) is 0 Å². The van der Waals surface area contributed by atoms with E-state index in [0.717, 1.165) is 15.8 Å². The lowest BCUT2D eigenvalue weighted by atomic mass is 10.1. The van der Waals surface area contributed by atoms with Crippen LogP contribution in [0.4, 0.5) is 19.0 Å². The zero-order chi connectivity index (χ0) is 18.1. The molecule has 0 aliphatic rings. The molecule has 1 N–H and O–H groups in total. The molecule has 0 saturated heterocycles. The van der Waals surface area contributed by atoms with Crippen LogP contribution >= 0.6 is 0 Å². The number of hydrogen-bond acceptors (Lipinski definition) is 3. The molecular weight excluding hydrogens is 323 g/mol. The number of carbonyl (C=O) groups is 1. The van der Waals surface area contributed by atoms with E-state index >= 15 is 0 Å². The number of halogens is 3. The van der Waals surface area contributed by atoms with Crippen LogP contribution in [0.2, 0.25) is 0 Å². The molecule has 0 bridgehead atoms. The highest BCUT2D eigenvalue weighted by Gasteiger charge is 2.39. The maximum Gasteiger partial charge on any atom is 0.421 e. The standard InChI is InChI=1S/C16H18F3N3O2/c1-9-5-10(2)7-12(6-9)24-8-13(23)20-15-14(16(17,18)19)11(3)21-22(15)4/h5-7H,8H2,1-4H3,(H,20,23). The summed E-state index contributed by atoms with van der Waals surface area (Å²) in [6, 6.07) is 5.44. The Bertz CT molecular complexity index is 746. The van der Waals surface area contributed by atoms with E-state index in [0.29, 0.717) is 5.75 Å². The quantitative estimate of drug-likeness (QED) is 0.927. The predicted molar refractivity (Wildman–Crippen MR) is 83.0 cm³/mol. The van der Waals surface area contributed by atoms with Gasteiger partial charge in [0.05, 0.1) is 5.69 Å². The molecule has 130 valence electrons. The number of ether oxygens (including phenoxy) is 1. The summed E-state index contributed by atoms with van der Waals surface area (Å²) in [6.45, 7) is 4.61. The molecule has 1 amide bonds. The van der Waals surface area contributed by atoms with Gasteiger partial charge in [0.1, 0.15) is 17.1 Å². The molecule has 0 atom stereocenters. The summed E-state index contributed by atoms with van der Waals surface area (Å²) in [5.74, 6) is -0.600. The van der Waals surface area contributed by atoms with Gasteiger partial charge in [0.25, 0.3) is 5.91 Å². The van der Waals surface area contributed by atoms with Crippen LogP contribution in [0.1, 0.15) is 22.4 Å². The van der Waals surface area contributed by atoms with Crippen molar-refractivity contribution >= 4 is 11.7 Å². The number of amides is 1. The molecule has 1 aromatic heterocycles. The van der Waals surface area contributed by atoms with Gasteiger partial charge in [-0.3, -0.25) is 9.48 Å². The van der Waals surface area contributed by atoms with Gasteiger partial charge in [-0.15, -0.1) is 0 Å². The predicted octanol–water partition coefficient (Wildman–Crippen LogP) is 3.38. The van der Waals surface area contributed by atoms with Crippen molar-refractivity contribution in [1.82, 2.24) is 9.78 Å². The first-order chi connectivity index (χ1) is 11.1. The topological polar surface area (TPSA) is 56.1 Å². The van der Waals surface area contributed by atoms with Crippen molar-refractivity contribution in [3.8, 4) is 5.75 Å². The molecule has 24 heavy (non-hydrogen) atoms. The summed E-state index contributed by atoms with van der Waals surface area (Å²) in [5, 5.41) is 5.94. The van der Waals surface area contributed by atoms with Gasteiger partial charge in [-0.25, -0.2) is 0 Å². The third-order valence-electron chi connectivity index (χ3n) is 3.33. The van der Waals surface area contributed by atoms with E-state index in [1.807, 2.05) is 19.9 Å². The number of aromatic nitrogens is 2. The SMILES string of the molecule is Cc1cc(C)cc(OCC(=O)Nc2c(C(F)(F)F)c(C)nn2C)c1. The van der Waals surface area contributed by atoms with E-state index in [4.69, 9.17) is 4.74 Å². The molecule has 0 saturated carbocycles. The van der Waals surface area contributed by atoms with Crippen molar-refractivity contribution in [2.24, 2.45) is 7.05 Å². The van der Waals surface area contributed by atoms with Crippen molar-refractivity contribution < 1.29 is 22.7 Å². The van der Waals surface area contributed by atoms with Crippen molar-refractivity contribution in [1.29, 1.82) is 0 Å². The Labute approximate surface area is 137 Å². The first-order valence-electron chi connectivity index (χ1n) is 7.19. The maximum atomic E-state index is 13.1. The highest BCUT2D eigenvalue weighted by molar-refractivity contribution is 5.92. The molecule has 5 nitrogen and oxygen atoms in total. The van der Waals surface area contributed by atoms with Crippen LogP contribution in [0, 0.1) is 20.8 Å². The van der Waals surface area contributed by atoms with Crippen LogP contribution in [-0.2, 0) is 18.0 Å². The first-order valence-corrected chi connectivity index (χ1v) is 7.19. The smallest absolute Gasteiger partial charge is 0.421 e. The van der Waals surface area contributed by atoms with Crippen molar-refractivity contribution in [2.75, 3.05) is 11.9 Å². The number of anilines is 1. The average Bonchev–Trinajstić information content (AvgIpc) is 2.69. The molecule has 0 aliphatic heterocycles. The molecule has 0 spiro atoms. The Morgan fingerprint density at radius 1 is 1.21 bits per heavy atom. The Kier molecular flexibility index (Phi) is 4.86. The van der Waals surface area contributed by atoms with Gasteiger partial charge >= 0.3 is 6.18 Å². The van der Waals surface area contributed by atoms with E-state index < -0.39 is 30.1 Å². The second kappa shape index (κ2) is 6.54. The molecule has 2 aromatic rings. The zero-order valence-electron chi connectivity index (χ0n) is 13.8. The Hall–Kier alpha value is -2.51. The fourth-order valence-electron chi connectivity index (χ4n) is 2.47. The molecule has 0 radical (unpaired) electrons. The van der Waals surface area contributed by atoms with Gasteiger partial charge < -0.3 is 10.1 Å². The number of carbonyl (C=O) groups excluding carboxylic acids is 1. The molecule has 0 unspecified atom stereocenters. The number of alkyl halides is 3. The Balaban J connectivity index is 2.10. The third-order valence-corrected chi connectivity index (χ3v) is 3.33. The number of aryl methyl sites for hydroxylation is 4. The summed E-state index contributed by atoms with van der Waals surface area (Å²) in [7, 11) is 1.34. The largest absolute Gasteiger partial charge is 0.484 e. The number of nitrogens with one attached hydrogen (secondary N) is 1. The monoisotopic (exact) mass is 341 g/mol. The number of hydrogen-bond donors (Lipinski definition) is 1. The second-order valence-corrected chi connectivity index (χ2v) is 5.59. The van der Waals surface area contributed by atoms with Crippen molar-refractivity contribution in [3.05, 3.63) is 40.6 Å². The minimum Gasteiger partial charge on any atom is -0.484 e. The third kappa shape index (κ3) is 4.06. The summed E-state index contributed by atoms with van der Waals surface area (Å²) in [6.07, 6.45) is -4.60. The van der Waals surface area contributed by atoms with Crippen LogP contribution in [-0.4, -0.2) is 22.3 Å². The maximum absolute atomic E-state index is 13.1. The number of nitrogens with zero attached hydrogens (tertiary/aromatic N) is 2. The molecule has 1 heterocycles. The molecular formula is C16H18F3N3O2. The number of rotatable bonds is 4. The molecule has 1 aromatic carbocycles. The van der Waals surface area contributed by atoms with Gasteiger partial charge in [-0.2, -0.15) is 18.3 Å². The van der Waals surface area contributed by atoms with Crippen LogP contribution in [0.15, 0.2) is 18.2 Å². The lowest BCUT2D eigenvalue weighted by Crippen LogP contribution is -2.23. The Morgan fingerprint density at radius 3 is 2.33 bits per heavy atom. The van der Waals surface area contributed by atoms with Crippen molar-refractivity contribution in [3.63, 3.8) is 0 Å². The average molecular weight is 341 g/mol.